The second-order valence-electron chi connectivity index (χ2n) is 3.79. The SMILES string of the molecule is CCC(CCCl)CNc1nc(C)c(C)s1. The second-order valence-corrected chi connectivity index (χ2v) is 5.37. The standard InChI is InChI=1S/C11H19ClN2S/c1-4-10(5-6-12)7-13-11-14-8(2)9(3)15-11/h10H,4-7H2,1-3H3,(H,13,14). The van der Waals surface area contributed by atoms with E-state index in [2.05, 4.69) is 24.1 Å². The minimum atomic E-state index is 0.659. The molecule has 1 atom stereocenters. The van der Waals surface area contributed by atoms with Gasteiger partial charge in [0.2, 0.25) is 0 Å². The number of aromatic nitrogens is 1. The summed E-state index contributed by atoms with van der Waals surface area (Å²) in [6.07, 6.45) is 2.25. The first kappa shape index (κ1) is 12.8. The number of rotatable bonds is 6. The maximum atomic E-state index is 5.75. The molecule has 0 saturated carbocycles. The molecule has 0 aliphatic carbocycles. The van der Waals surface area contributed by atoms with Gasteiger partial charge in [0, 0.05) is 17.3 Å². The highest BCUT2D eigenvalue weighted by Crippen LogP contribution is 2.22. The van der Waals surface area contributed by atoms with Gasteiger partial charge in [-0.25, -0.2) is 4.98 Å². The zero-order chi connectivity index (χ0) is 11.3. The van der Waals surface area contributed by atoms with Crippen molar-refractivity contribution in [1.29, 1.82) is 0 Å². The predicted molar refractivity (Wildman–Crippen MR) is 69.2 cm³/mol. The number of halogens is 1. The van der Waals surface area contributed by atoms with E-state index in [1.807, 2.05) is 6.92 Å². The Hall–Kier alpha value is -0.280. The molecule has 0 aromatic carbocycles. The molecule has 1 aromatic rings. The monoisotopic (exact) mass is 246 g/mol. The lowest BCUT2D eigenvalue weighted by molar-refractivity contribution is 0.522. The summed E-state index contributed by atoms with van der Waals surface area (Å²) in [4.78, 5) is 5.75. The van der Waals surface area contributed by atoms with Crippen molar-refractivity contribution in [3.8, 4) is 0 Å². The van der Waals surface area contributed by atoms with Gasteiger partial charge in [-0.3, -0.25) is 0 Å². The molecule has 0 saturated heterocycles. The van der Waals surface area contributed by atoms with Gasteiger partial charge in [0.25, 0.3) is 0 Å². The minimum absolute atomic E-state index is 0.659. The fraction of sp³-hybridized carbons (Fsp3) is 0.727. The number of hydrogen-bond acceptors (Lipinski definition) is 3. The summed E-state index contributed by atoms with van der Waals surface area (Å²) in [5, 5.41) is 4.43. The molecule has 1 N–H and O–H groups in total. The van der Waals surface area contributed by atoms with Gasteiger partial charge >= 0.3 is 0 Å². The summed E-state index contributed by atoms with van der Waals surface area (Å²) in [6.45, 7) is 7.34. The van der Waals surface area contributed by atoms with E-state index in [9.17, 15) is 0 Å². The Morgan fingerprint density at radius 2 is 2.20 bits per heavy atom. The maximum Gasteiger partial charge on any atom is 0.183 e. The van der Waals surface area contributed by atoms with E-state index < -0.39 is 0 Å². The van der Waals surface area contributed by atoms with Gasteiger partial charge in [0.15, 0.2) is 5.13 Å². The number of aryl methyl sites for hydroxylation is 2. The molecule has 4 heteroatoms. The summed E-state index contributed by atoms with van der Waals surface area (Å²) >= 11 is 7.48. The van der Waals surface area contributed by atoms with E-state index in [0.29, 0.717) is 5.92 Å². The number of alkyl halides is 1. The Balaban J connectivity index is 2.41. The fourth-order valence-corrected chi connectivity index (χ4v) is 2.51. The van der Waals surface area contributed by atoms with E-state index in [1.165, 1.54) is 11.3 Å². The third-order valence-electron chi connectivity index (χ3n) is 2.67. The molecule has 0 spiro atoms. The smallest absolute Gasteiger partial charge is 0.183 e. The lowest BCUT2D eigenvalue weighted by atomic mass is 10.0. The third kappa shape index (κ3) is 3.99. The fourth-order valence-electron chi connectivity index (χ4n) is 1.38. The van der Waals surface area contributed by atoms with Gasteiger partial charge in [-0.2, -0.15) is 0 Å². The highest BCUT2D eigenvalue weighted by molar-refractivity contribution is 7.15. The molecule has 0 fully saturated rings. The van der Waals surface area contributed by atoms with Crippen molar-refractivity contribution in [2.45, 2.75) is 33.6 Å². The first-order valence-electron chi connectivity index (χ1n) is 5.41. The highest BCUT2D eigenvalue weighted by atomic mass is 35.5. The number of nitrogens with one attached hydrogen (secondary N) is 1. The molecule has 1 rings (SSSR count). The molecule has 2 nitrogen and oxygen atoms in total. The van der Waals surface area contributed by atoms with Crippen molar-refractivity contribution in [2.75, 3.05) is 17.7 Å². The third-order valence-corrected chi connectivity index (χ3v) is 3.91. The number of nitrogens with zero attached hydrogens (tertiary/aromatic N) is 1. The van der Waals surface area contributed by atoms with Gasteiger partial charge in [-0.1, -0.05) is 13.3 Å². The van der Waals surface area contributed by atoms with Crippen molar-refractivity contribution in [3.05, 3.63) is 10.6 Å². The van der Waals surface area contributed by atoms with E-state index in [0.717, 1.165) is 29.7 Å². The summed E-state index contributed by atoms with van der Waals surface area (Å²) in [7, 11) is 0. The van der Waals surface area contributed by atoms with E-state index in [1.54, 1.807) is 11.3 Å². The van der Waals surface area contributed by atoms with Gasteiger partial charge in [0.1, 0.15) is 0 Å². The quantitative estimate of drug-likeness (QED) is 0.772. The molecule has 0 bridgehead atoms. The van der Waals surface area contributed by atoms with Gasteiger partial charge < -0.3 is 5.32 Å². The molecule has 0 radical (unpaired) electrons. The van der Waals surface area contributed by atoms with Crippen LogP contribution in [-0.4, -0.2) is 17.4 Å². The summed E-state index contributed by atoms with van der Waals surface area (Å²) in [5.74, 6) is 1.41. The van der Waals surface area contributed by atoms with E-state index in [-0.39, 0.29) is 0 Å². The zero-order valence-electron chi connectivity index (χ0n) is 9.64. The molecule has 1 aromatic heterocycles. The van der Waals surface area contributed by atoms with Gasteiger partial charge in [-0.15, -0.1) is 22.9 Å². The summed E-state index contributed by atoms with van der Waals surface area (Å²) in [5.41, 5.74) is 1.13. The minimum Gasteiger partial charge on any atom is -0.361 e. The molecule has 1 unspecified atom stereocenters. The van der Waals surface area contributed by atoms with Crippen LogP contribution in [-0.2, 0) is 0 Å². The van der Waals surface area contributed by atoms with Gasteiger partial charge in [-0.05, 0) is 26.2 Å². The van der Waals surface area contributed by atoms with Crippen LogP contribution in [0, 0.1) is 19.8 Å². The molecule has 0 aliphatic heterocycles. The lowest BCUT2D eigenvalue weighted by Gasteiger charge is -2.13. The van der Waals surface area contributed by atoms with Crippen LogP contribution in [0.15, 0.2) is 0 Å². The van der Waals surface area contributed by atoms with Crippen LogP contribution in [0.1, 0.15) is 30.3 Å². The molecular formula is C11H19ClN2S. The van der Waals surface area contributed by atoms with Crippen LogP contribution in [0.4, 0.5) is 5.13 Å². The second kappa shape index (κ2) is 6.33. The molecule has 86 valence electrons. The Bertz CT molecular complexity index is 279. The Morgan fingerprint density at radius 3 is 2.67 bits per heavy atom. The Kier molecular flexibility index (Phi) is 5.40. The predicted octanol–water partition coefficient (Wildman–Crippen LogP) is 3.83. The van der Waals surface area contributed by atoms with Gasteiger partial charge in [0.05, 0.1) is 5.69 Å². The molecule has 0 aliphatic rings. The van der Waals surface area contributed by atoms with Crippen LogP contribution in [0.25, 0.3) is 0 Å². The summed E-state index contributed by atoms with van der Waals surface area (Å²) in [6, 6.07) is 0. The average Bonchev–Trinajstić information content (AvgIpc) is 2.53. The normalized spacial score (nSPS) is 12.8. The van der Waals surface area contributed by atoms with Crippen LogP contribution < -0.4 is 5.32 Å². The first-order chi connectivity index (χ1) is 7.17. The van der Waals surface area contributed by atoms with Crippen molar-refractivity contribution in [1.82, 2.24) is 4.98 Å². The number of hydrogen-bond donors (Lipinski definition) is 1. The molecular weight excluding hydrogens is 228 g/mol. The Labute approximate surface area is 101 Å². The molecule has 15 heavy (non-hydrogen) atoms. The Morgan fingerprint density at radius 1 is 1.47 bits per heavy atom. The molecule has 0 amide bonds. The topological polar surface area (TPSA) is 24.9 Å². The number of thiazole rings is 1. The first-order valence-corrected chi connectivity index (χ1v) is 6.76. The van der Waals surface area contributed by atoms with Crippen molar-refractivity contribution in [2.24, 2.45) is 5.92 Å². The van der Waals surface area contributed by atoms with Crippen molar-refractivity contribution >= 4 is 28.1 Å². The van der Waals surface area contributed by atoms with Crippen LogP contribution in [0.2, 0.25) is 0 Å². The van der Waals surface area contributed by atoms with E-state index in [4.69, 9.17) is 11.6 Å². The largest absolute Gasteiger partial charge is 0.361 e. The van der Waals surface area contributed by atoms with Crippen LogP contribution >= 0.6 is 22.9 Å². The van der Waals surface area contributed by atoms with Crippen LogP contribution in [0.5, 0.6) is 0 Å². The zero-order valence-corrected chi connectivity index (χ0v) is 11.2. The highest BCUT2D eigenvalue weighted by Gasteiger charge is 2.07. The summed E-state index contributed by atoms with van der Waals surface area (Å²) < 4.78 is 0. The lowest BCUT2D eigenvalue weighted by Crippen LogP contribution is -2.13. The van der Waals surface area contributed by atoms with E-state index >= 15 is 0 Å². The molecule has 1 heterocycles. The average molecular weight is 247 g/mol. The van der Waals surface area contributed by atoms with Crippen LogP contribution in [0.3, 0.4) is 0 Å². The maximum absolute atomic E-state index is 5.75. The van der Waals surface area contributed by atoms with Crippen molar-refractivity contribution in [3.63, 3.8) is 0 Å². The van der Waals surface area contributed by atoms with Crippen molar-refractivity contribution < 1.29 is 0 Å². The number of anilines is 1.